The van der Waals surface area contributed by atoms with Crippen LogP contribution in [0.2, 0.25) is 0 Å². The van der Waals surface area contributed by atoms with Gasteiger partial charge in [0, 0.05) is 45.6 Å². The Labute approximate surface area is 118 Å². The third-order valence-electron chi connectivity index (χ3n) is 3.33. The van der Waals surface area contributed by atoms with Gasteiger partial charge < -0.3 is 15.1 Å². The van der Waals surface area contributed by atoms with Gasteiger partial charge in [0.25, 0.3) is 0 Å². The largest absolute Gasteiger partial charge is 0.333 e. The molecule has 20 heavy (non-hydrogen) atoms. The molecule has 2 heterocycles. The molecule has 2 rings (SSSR count). The maximum absolute atomic E-state index is 12.2. The first kappa shape index (κ1) is 14.5. The van der Waals surface area contributed by atoms with Crippen LogP contribution in [0.5, 0.6) is 0 Å². The summed E-state index contributed by atoms with van der Waals surface area (Å²) in [5.74, 6) is -0.867. The number of amides is 2. The van der Waals surface area contributed by atoms with Crippen molar-refractivity contribution in [3.63, 3.8) is 0 Å². The SMILES string of the molecule is CN(Cc1ccncc1)C(=O)C(=O)N1CCCNCC1. The van der Waals surface area contributed by atoms with Gasteiger partial charge in [-0.05, 0) is 30.7 Å². The topological polar surface area (TPSA) is 65.5 Å². The van der Waals surface area contributed by atoms with Crippen molar-refractivity contribution in [2.24, 2.45) is 0 Å². The lowest BCUT2D eigenvalue weighted by atomic mass is 10.2. The molecule has 0 bridgehead atoms. The molecule has 1 saturated heterocycles. The van der Waals surface area contributed by atoms with Gasteiger partial charge >= 0.3 is 11.8 Å². The van der Waals surface area contributed by atoms with Gasteiger partial charge in [-0.2, -0.15) is 0 Å². The van der Waals surface area contributed by atoms with Crippen LogP contribution >= 0.6 is 0 Å². The van der Waals surface area contributed by atoms with Gasteiger partial charge in [-0.1, -0.05) is 0 Å². The molecule has 1 fully saturated rings. The van der Waals surface area contributed by atoms with E-state index in [0.717, 1.165) is 25.1 Å². The second-order valence-electron chi connectivity index (χ2n) is 4.91. The standard InChI is InChI=1S/C14H20N4O2/c1-17(11-12-3-6-16-7-4-12)13(19)14(20)18-9-2-5-15-8-10-18/h3-4,6-7,15H,2,5,8-11H2,1H3. The molecule has 0 unspecified atom stereocenters. The number of aromatic nitrogens is 1. The molecule has 1 aromatic heterocycles. The van der Waals surface area contributed by atoms with Gasteiger partial charge in [0.2, 0.25) is 0 Å². The normalized spacial score (nSPS) is 15.6. The predicted molar refractivity (Wildman–Crippen MR) is 74.8 cm³/mol. The maximum Gasteiger partial charge on any atom is 0.312 e. The van der Waals surface area contributed by atoms with Crippen molar-refractivity contribution >= 4 is 11.8 Å². The number of likely N-dealkylation sites (N-methyl/N-ethyl adjacent to an activating group) is 1. The smallest absolute Gasteiger partial charge is 0.312 e. The molecular formula is C14H20N4O2. The Morgan fingerprint density at radius 2 is 2.05 bits per heavy atom. The predicted octanol–water partition coefficient (Wildman–Crippen LogP) is -0.138. The summed E-state index contributed by atoms with van der Waals surface area (Å²) in [6.07, 6.45) is 4.24. The van der Waals surface area contributed by atoms with Crippen molar-refractivity contribution in [1.29, 1.82) is 0 Å². The van der Waals surface area contributed by atoms with Gasteiger partial charge in [0.1, 0.15) is 0 Å². The summed E-state index contributed by atoms with van der Waals surface area (Å²) < 4.78 is 0. The minimum Gasteiger partial charge on any atom is -0.333 e. The molecule has 0 aliphatic carbocycles. The second kappa shape index (κ2) is 7.00. The highest BCUT2D eigenvalue weighted by atomic mass is 16.2. The number of hydrogen-bond acceptors (Lipinski definition) is 4. The molecule has 0 radical (unpaired) electrons. The van der Waals surface area contributed by atoms with Crippen molar-refractivity contribution in [2.75, 3.05) is 33.2 Å². The summed E-state index contributed by atoms with van der Waals surface area (Å²) >= 11 is 0. The number of hydrogen-bond donors (Lipinski definition) is 1. The summed E-state index contributed by atoms with van der Waals surface area (Å²) in [5, 5.41) is 3.21. The lowest BCUT2D eigenvalue weighted by molar-refractivity contribution is -0.151. The molecule has 1 N–H and O–H groups in total. The number of pyridine rings is 1. The van der Waals surface area contributed by atoms with E-state index in [2.05, 4.69) is 10.3 Å². The van der Waals surface area contributed by atoms with Crippen LogP contribution in [0.3, 0.4) is 0 Å². The summed E-state index contributed by atoms with van der Waals surface area (Å²) in [7, 11) is 1.65. The van der Waals surface area contributed by atoms with Crippen LogP contribution < -0.4 is 5.32 Å². The minimum atomic E-state index is -0.455. The van der Waals surface area contributed by atoms with E-state index in [1.807, 2.05) is 12.1 Å². The second-order valence-corrected chi connectivity index (χ2v) is 4.91. The van der Waals surface area contributed by atoms with E-state index in [4.69, 9.17) is 0 Å². The summed E-state index contributed by atoms with van der Waals surface area (Å²) in [6, 6.07) is 3.67. The molecule has 0 spiro atoms. The van der Waals surface area contributed by atoms with E-state index in [0.29, 0.717) is 19.6 Å². The van der Waals surface area contributed by atoms with Gasteiger partial charge in [-0.3, -0.25) is 14.6 Å². The Kier molecular flexibility index (Phi) is 5.06. The maximum atomic E-state index is 12.2. The minimum absolute atomic E-state index is 0.412. The van der Waals surface area contributed by atoms with Crippen LogP contribution in [0, 0.1) is 0 Å². The molecule has 108 valence electrons. The first-order chi connectivity index (χ1) is 9.68. The molecule has 0 atom stereocenters. The molecular weight excluding hydrogens is 256 g/mol. The molecule has 6 heteroatoms. The fourth-order valence-corrected chi connectivity index (χ4v) is 2.18. The summed E-state index contributed by atoms with van der Waals surface area (Å²) in [6.45, 7) is 3.28. The van der Waals surface area contributed by atoms with Crippen LogP contribution in [-0.4, -0.2) is 59.8 Å². The molecule has 0 aromatic carbocycles. The number of rotatable bonds is 2. The van der Waals surface area contributed by atoms with E-state index in [1.165, 1.54) is 4.90 Å². The molecule has 2 amide bonds. The summed E-state index contributed by atoms with van der Waals surface area (Å²) in [4.78, 5) is 31.4. The fraction of sp³-hybridized carbons (Fsp3) is 0.500. The van der Waals surface area contributed by atoms with Crippen molar-refractivity contribution in [3.8, 4) is 0 Å². The average molecular weight is 276 g/mol. The van der Waals surface area contributed by atoms with E-state index in [1.54, 1.807) is 24.3 Å². The fourth-order valence-electron chi connectivity index (χ4n) is 2.18. The molecule has 1 aliphatic rings. The van der Waals surface area contributed by atoms with Gasteiger partial charge in [0.05, 0.1) is 0 Å². The third kappa shape index (κ3) is 3.77. The van der Waals surface area contributed by atoms with Crippen molar-refractivity contribution in [2.45, 2.75) is 13.0 Å². The summed E-state index contributed by atoms with van der Waals surface area (Å²) in [5.41, 5.74) is 0.959. The first-order valence-corrected chi connectivity index (χ1v) is 6.82. The Morgan fingerprint density at radius 1 is 1.30 bits per heavy atom. The van der Waals surface area contributed by atoms with Crippen molar-refractivity contribution in [3.05, 3.63) is 30.1 Å². The van der Waals surface area contributed by atoms with Crippen molar-refractivity contribution in [1.82, 2.24) is 20.1 Å². The number of carbonyl (C=O) groups is 2. The number of nitrogens with one attached hydrogen (secondary N) is 1. The third-order valence-corrected chi connectivity index (χ3v) is 3.33. The van der Waals surface area contributed by atoms with E-state index in [-0.39, 0.29) is 0 Å². The molecule has 1 aromatic rings. The Balaban J connectivity index is 1.93. The number of carbonyl (C=O) groups excluding carboxylic acids is 2. The lowest BCUT2D eigenvalue weighted by Gasteiger charge is -2.23. The van der Waals surface area contributed by atoms with E-state index >= 15 is 0 Å². The van der Waals surface area contributed by atoms with Crippen LogP contribution in [0.1, 0.15) is 12.0 Å². The lowest BCUT2D eigenvalue weighted by Crippen LogP contribution is -2.44. The van der Waals surface area contributed by atoms with Crippen LogP contribution in [0.25, 0.3) is 0 Å². The highest BCUT2D eigenvalue weighted by molar-refractivity contribution is 6.34. The highest BCUT2D eigenvalue weighted by Crippen LogP contribution is 2.04. The zero-order valence-electron chi connectivity index (χ0n) is 11.7. The monoisotopic (exact) mass is 276 g/mol. The van der Waals surface area contributed by atoms with Crippen LogP contribution in [0.4, 0.5) is 0 Å². The molecule has 1 aliphatic heterocycles. The molecule has 0 saturated carbocycles. The first-order valence-electron chi connectivity index (χ1n) is 6.82. The Hall–Kier alpha value is -1.95. The Bertz CT molecular complexity index is 456. The van der Waals surface area contributed by atoms with Gasteiger partial charge in [-0.15, -0.1) is 0 Å². The zero-order valence-corrected chi connectivity index (χ0v) is 11.7. The van der Waals surface area contributed by atoms with Gasteiger partial charge in [-0.25, -0.2) is 0 Å². The van der Waals surface area contributed by atoms with E-state index in [9.17, 15) is 9.59 Å². The average Bonchev–Trinajstić information content (AvgIpc) is 2.75. The molecule has 6 nitrogen and oxygen atoms in total. The quantitative estimate of drug-likeness (QED) is 0.764. The van der Waals surface area contributed by atoms with E-state index < -0.39 is 11.8 Å². The zero-order chi connectivity index (χ0) is 14.4. The van der Waals surface area contributed by atoms with Gasteiger partial charge in [0.15, 0.2) is 0 Å². The van der Waals surface area contributed by atoms with Crippen LogP contribution in [-0.2, 0) is 16.1 Å². The number of nitrogens with zero attached hydrogens (tertiary/aromatic N) is 3. The van der Waals surface area contributed by atoms with Crippen LogP contribution in [0.15, 0.2) is 24.5 Å². The Morgan fingerprint density at radius 3 is 2.80 bits per heavy atom. The highest BCUT2D eigenvalue weighted by Gasteiger charge is 2.25. The van der Waals surface area contributed by atoms with Crippen molar-refractivity contribution < 1.29 is 9.59 Å².